The van der Waals surface area contributed by atoms with Crippen LogP contribution in [0, 0.1) is 18.3 Å². The van der Waals surface area contributed by atoms with Crippen molar-refractivity contribution in [1.29, 1.82) is 5.26 Å². The fourth-order valence-corrected chi connectivity index (χ4v) is 2.65. The molecule has 25 heavy (non-hydrogen) atoms. The molecule has 0 spiro atoms. The summed E-state index contributed by atoms with van der Waals surface area (Å²) in [7, 11) is 0. The minimum absolute atomic E-state index is 0.606. The predicted octanol–water partition coefficient (Wildman–Crippen LogP) is 4.56. The highest BCUT2D eigenvalue weighted by Gasteiger charge is 2.10. The number of anilines is 4. The average Bonchev–Trinajstić information content (AvgIpc) is 2.63. The van der Waals surface area contributed by atoms with E-state index >= 15 is 0 Å². The third-order valence-corrected chi connectivity index (χ3v) is 3.82. The van der Waals surface area contributed by atoms with Crippen LogP contribution in [0.3, 0.4) is 0 Å². The molecule has 1 aromatic heterocycles. The lowest BCUT2D eigenvalue weighted by atomic mass is 10.2. The second-order valence-corrected chi connectivity index (χ2v) is 5.66. The third kappa shape index (κ3) is 3.93. The molecule has 0 saturated heterocycles. The molecule has 0 aliphatic rings. The number of aromatic nitrogens is 2. The van der Waals surface area contributed by atoms with Gasteiger partial charge < -0.3 is 10.2 Å². The first kappa shape index (κ1) is 16.5. The van der Waals surface area contributed by atoms with Gasteiger partial charge in [0.2, 0.25) is 0 Å². The standard InChI is InChI=1S/C20H19N5/c1-3-25(18-9-4-6-15(2)10-18)20-12-19(22-14-23-20)24-17-8-5-7-16(11-17)13-21/h4-12,14H,3H2,1-2H3,(H,22,23,24). The van der Waals surface area contributed by atoms with Gasteiger partial charge in [-0.15, -0.1) is 0 Å². The molecule has 0 aliphatic carbocycles. The van der Waals surface area contributed by atoms with Crippen LogP contribution in [0.2, 0.25) is 0 Å². The Kier molecular flexibility index (Phi) is 4.91. The highest BCUT2D eigenvalue weighted by atomic mass is 15.2. The summed E-state index contributed by atoms with van der Waals surface area (Å²) in [6, 6.07) is 19.7. The Morgan fingerprint density at radius 2 is 1.92 bits per heavy atom. The van der Waals surface area contributed by atoms with Gasteiger partial charge in [0.05, 0.1) is 11.6 Å². The van der Waals surface area contributed by atoms with Crippen LogP contribution < -0.4 is 10.2 Å². The van der Waals surface area contributed by atoms with Crippen LogP contribution in [0.1, 0.15) is 18.1 Å². The summed E-state index contributed by atoms with van der Waals surface area (Å²) >= 11 is 0. The van der Waals surface area contributed by atoms with Gasteiger partial charge >= 0.3 is 0 Å². The van der Waals surface area contributed by atoms with E-state index in [0.717, 1.165) is 23.7 Å². The lowest BCUT2D eigenvalue weighted by molar-refractivity contribution is 0.976. The first-order valence-electron chi connectivity index (χ1n) is 8.13. The quantitative estimate of drug-likeness (QED) is 0.743. The third-order valence-electron chi connectivity index (χ3n) is 3.82. The smallest absolute Gasteiger partial charge is 0.138 e. The second kappa shape index (κ2) is 7.45. The Bertz CT molecular complexity index is 914. The number of nitrogens with zero attached hydrogens (tertiary/aromatic N) is 4. The minimum atomic E-state index is 0.606. The normalized spacial score (nSPS) is 10.1. The maximum atomic E-state index is 9.02. The highest BCUT2D eigenvalue weighted by molar-refractivity contribution is 5.65. The van der Waals surface area contributed by atoms with Gasteiger partial charge in [0.1, 0.15) is 18.0 Å². The number of hydrogen-bond acceptors (Lipinski definition) is 5. The number of aryl methyl sites for hydroxylation is 1. The molecule has 0 amide bonds. The van der Waals surface area contributed by atoms with Crippen molar-refractivity contribution in [1.82, 2.24) is 9.97 Å². The van der Waals surface area contributed by atoms with Crippen molar-refractivity contribution < 1.29 is 0 Å². The molecule has 5 heteroatoms. The van der Waals surface area contributed by atoms with Crippen LogP contribution in [0.15, 0.2) is 60.9 Å². The monoisotopic (exact) mass is 329 g/mol. The van der Waals surface area contributed by atoms with E-state index in [2.05, 4.69) is 58.3 Å². The van der Waals surface area contributed by atoms with Crippen molar-refractivity contribution in [2.24, 2.45) is 0 Å². The van der Waals surface area contributed by atoms with E-state index in [1.165, 1.54) is 5.56 Å². The summed E-state index contributed by atoms with van der Waals surface area (Å²) in [4.78, 5) is 10.8. The summed E-state index contributed by atoms with van der Waals surface area (Å²) in [5.74, 6) is 1.51. The first-order chi connectivity index (χ1) is 12.2. The van der Waals surface area contributed by atoms with E-state index < -0.39 is 0 Å². The topological polar surface area (TPSA) is 64.8 Å². The lowest BCUT2D eigenvalue weighted by Gasteiger charge is -2.22. The van der Waals surface area contributed by atoms with Gasteiger partial charge in [0.25, 0.3) is 0 Å². The fourth-order valence-electron chi connectivity index (χ4n) is 2.65. The summed E-state index contributed by atoms with van der Waals surface area (Å²) in [5.41, 5.74) is 3.73. The van der Waals surface area contributed by atoms with Crippen LogP contribution in [0.25, 0.3) is 0 Å². The SMILES string of the molecule is CCN(c1cccc(C)c1)c1cc(Nc2cccc(C#N)c2)ncn1. The molecule has 1 N–H and O–H groups in total. The summed E-state index contributed by atoms with van der Waals surface area (Å²) in [6.45, 7) is 4.96. The van der Waals surface area contributed by atoms with Crippen LogP contribution in [0.4, 0.5) is 23.0 Å². The molecule has 0 radical (unpaired) electrons. The van der Waals surface area contributed by atoms with Gasteiger partial charge in [-0.2, -0.15) is 5.26 Å². The van der Waals surface area contributed by atoms with Crippen LogP contribution in [0.5, 0.6) is 0 Å². The molecule has 0 unspecified atom stereocenters. The molecule has 0 aliphatic heterocycles. The zero-order valence-electron chi connectivity index (χ0n) is 14.3. The Labute approximate surface area is 147 Å². The highest BCUT2D eigenvalue weighted by Crippen LogP contribution is 2.26. The second-order valence-electron chi connectivity index (χ2n) is 5.66. The van der Waals surface area contributed by atoms with Crippen molar-refractivity contribution >= 4 is 23.0 Å². The summed E-state index contributed by atoms with van der Waals surface area (Å²) < 4.78 is 0. The largest absolute Gasteiger partial charge is 0.340 e. The molecule has 3 aromatic rings. The van der Waals surface area contributed by atoms with Gasteiger partial charge in [-0.05, 0) is 49.7 Å². The Hall–Kier alpha value is -3.39. The summed E-state index contributed by atoms with van der Waals surface area (Å²) in [5, 5.41) is 12.2. The molecule has 3 rings (SSSR count). The molecule has 1 heterocycles. The van der Waals surface area contributed by atoms with Crippen molar-refractivity contribution in [3.8, 4) is 6.07 Å². The van der Waals surface area contributed by atoms with Crippen LogP contribution in [-0.4, -0.2) is 16.5 Å². The maximum Gasteiger partial charge on any atom is 0.138 e. The Morgan fingerprint density at radius 3 is 2.68 bits per heavy atom. The maximum absolute atomic E-state index is 9.02. The predicted molar refractivity (Wildman–Crippen MR) is 100 cm³/mol. The molecule has 0 saturated carbocycles. The Balaban J connectivity index is 1.88. The zero-order chi connectivity index (χ0) is 17.6. The van der Waals surface area contributed by atoms with Crippen molar-refractivity contribution in [3.63, 3.8) is 0 Å². The van der Waals surface area contributed by atoms with Gasteiger partial charge in [-0.3, -0.25) is 0 Å². The van der Waals surface area contributed by atoms with E-state index in [4.69, 9.17) is 5.26 Å². The number of benzene rings is 2. The van der Waals surface area contributed by atoms with Crippen molar-refractivity contribution in [3.05, 3.63) is 72.1 Å². The van der Waals surface area contributed by atoms with Gasteiger partial charge in [-0.1, -0.05) is 18.2 Å². The molecule has 5 nitrogen and oxygen atoms in total. The first-order valence-corrected chi connectivity index (χ1v) is 8.13. The van der Waals surface area contributed by atoms with E-state index in [1.807, 2.05) is 24.3 Å². The molecule has 0 bridgehead atoms. The zero-order valence-corrected chi connectivity index (χ0v) is 14.3. The van der Waals surface area contributed by atoms with E-state index in [1.54, 1.807) is 18.5 Å². The van der Waals surface area contributed by atoms with Gasteiger partial charge in [0, 0.05) is 24.0 Å². The van der Waals surface area contributed by atoms with Crippen molar-refractivity contribution in [2.75, 3.05) is 16.8 Å². The fraction of sp³-hybridized carbons (Fsp3) is 0.150. The Morgan fingerprint density at radius 1 is 1.08 bits per heavy atom. The molecule has 0 fully saturated rings. The van der Waals surface area contributed by atoms with E-state index in [-0.39, 0.29) is 0 Å². The van der Waals surface area contributed by atoms with Crippen LogP contribution >= 0.6 is 0 Å². The van der Waals surface area contributed by atoms with E-state index in [0.29, 0.717) is 11.4 Å². The van der Waals surface area contributed by atoms with E-state index in [9.17, 15) is 0 Å². The molecule has 124 valence electrons. The number of nitrogens with one attached hydrogen (secondary N) is 1. The van der Waals surface area contributed by atoms with Crippen molar-refractivity contribution in [2.45, 2.75) is 13.8 Å². The summed E-state index contributed by atoms with van der Waals surface area (Å²) in [6.07, 6.45) is 1.55. The molecular weight excluding hydrogens is 310 g/mol. The lowest BCUT2D eigenvalue weighted by Crippen LogP contribution is -2.17. The number of nitriles is 1. The number of hydrogen-bond donors (Lipinski definition) is 1. The molecular formula is C20H19N5. The molecule has 2 aromatic carbocycles. The number of rotatable bonds is 5. The van der Waals surface area contributed by atoms with Gasteiger partial charge in [-0.25, -0.2) is 9.97 Å². The molecule has 0 atom stereocenters. The average molecular weight is 329 g/mol. The minimum Gasteiger partial charge on any atom is -0.340 e. The van der Waals surface area contributed by atoms with Gasteiger partial charge in [0.15, 0.2) is 0 Å². The van der Waals surface area contributed by atoms with Crippen LogP contribution in [-0.2, 0) is 0 Å².